The number of hydrogen-bond acceptors (Lipinski definition) is 4. The predicted molar refractivity (Wildman–Crippen MR) is 95.5 cm³/mol. The Morgan fingerprint density at radius 1 is 1.11 bits per heavy atom. The molecule has 0 bridgehead atoms. The van der Waals surface area contributed by atoms with E-state index < -0.39 is 32.4 Å². The fourth-order valence-electron chi connectivity index (χ4n) is 2.54. The Hall–Kier alpha value is -2.04. The van der Waals surface area contributed by atoms with Crippen LogP contribution in [0.1, 0.15) is 5.69 Å². The maximum Gasteiger partial charge on any atom is 0.508 e. The van der Waals surface area contributed by atoms with Crippen molar-refractivity contribution in [3.8, 4) is 5.75 Å². The van der Waals surface area contributed by atoms with Crippen LogP contribution in [-0.2, 0) is 21.1 Å². The second kappa shape index (κ2) is 6.84. The van der Waals surface area contributed by atoms with Crippen LogP contribution in [0.2, 0.25) is 5.02 Å². The van der Waals surface area contributed by atoms with E-state index in [0.717, 1.165) is 10.0 Å². The number of aryl methyl sites for hydroxylation is 1. The molecule has 3 rings (SSSR count). The first-order valence-electron chi connectivity index (χ1n) is 7.31. The normalized spacial score (nSPS) is 13.7. The molecule has 0 aliphatic rings. The number of fused-ring (bicyclic) bond motifs is 1. The highest BCUT2D eigenvalue weighted by Gasteiger charge is 2.40. The number of benzene rings is 2. The predicted octanol–water partition coefficient (Wildman–Crippen LogP) is 4.40. The van der Waals surface area contributed by atoms with Crippen LogP contribution in [0, 0.1) is 6.92 Å². The molecule has 0 aliphatic heterocycles. The first kappa shape index (κ1) is 19.7. The van der Waals surface area contributed by atoms with Crippen molar-refractivity contribution in [2.24, 2.45) is 0 Å². The highest BCUT2D eigenvalue weighted by Crippen LogP contribution is 2.37. The molecule has 0 aliphatic carbocycles. The van der Waals surface area contributed by atoms with E-state index in [4.69, 9.17) is 11.6 Å². The summed E-state index contributed by atoms with van der Waals surface area (Å²) in [5, 5.41) is -0.111. The highest BCUT2D eigenvalue weighted by atomic mass is 35.5. The summed E-state index contributed by atoms with van der Waals surface area (Å²) >= 11 is 2.49. The van der Waals surface area contributed by atoms with Crippen molar-refractivity contribution in [2.45, 2.75) is 17.3 Å². The van der Waals surface area contributed by atoms with Gasteiger partial charge in [0.2, 0.25) is 0 Å². The molecule has 3 aromatic rings. The van der Waals surface area contributed by atoms with Gasteiger partial charge in [-0.1, -0.05) is 29.8 Å². The van der Waals surface area contributed by atoms with E-state index in [0.29, 0.717) is 5.69 Å². The van der Waals surface area contributed by atoms with Gasteiger partial charge in [0.15, 0.2) is 5.75 Å². The zero-order chi connectivity index (χ0) is 20.0. The van der Waals surface area contributed by atoms with Crippen LogP contribution in [0.15, 0.2) is 53.4 Å². The van der Waals surface area contributed by atoms with Crippen LogP contribution in [0.4, 0.5) is 13.2 Å². The number of rotatable bonds is 4. The summed E-state index contributed by atoms with van der Waals surface area (Å²) in [6, 6.07) is 11.3. The van der Waals surface area contributed by atoms with Crippen molar-refractivity contribution in [1.29, 1.82) is 0 Å². The molecule has 0 N–H and O–H groups in total. The van der Waals surface area contributed by atoms with Crippen molar-refractivity contribution in [1.82, 2.24) is 3.97 Å². The van der Waals surface area contributed by atoms with Crippen molar-refractivity contribution in [3.05, 3.63) is 59.2 Å². The molecule has 0 spiro atoms. The lowest BCUT2D eigenvalue weighted by molar-refractivity contribution is -0.0437. The van der Waals surface area contributed by atoms with Crippen LogP contribution in [0.25, 0.3) is 10.9 Å². The quantitative estimate of drug-likeness (QED) is 0.606. The summed E-state index contributed by atoms with van der Waals surface area (Å²) in [5.74, 6) is -0.464. The van der Waals surface area contributed by atoms with Crippen molar-refractivity contribution < 1.29 is 30.0 Å². The number of halogens is 4. The summed E-state index contributed by atoms with van der Waals surface area (Å²) in [7, 11) is -3.95. The smallest absolute Gasteiger partial charge is 0.393 e. The van der Waals surface area contributed by atoms with Gasteiger partial charge in [0.1, 0.15) is 0 Å². The van der Waals surface area contributed by atoms with E-state index in [-0.39, 0.29) is 20.8 Å². The Morgan fingerprint density at radius 3 is 2.33 bits per heavy atom. The monoisotopic (exact) mass is 437 g/mol. The first-order chi connectivity index (χ1) is 12.5. The minimum atomic E-state index is -5.07. The second-order valence-electron chi connectivity index (χ2n) is 5.44. The lowest BCUT2D eigenvalue weighted by atomic mass is 10.2. The van der Waals surface area contributed by atoms with Crippen LogP contribution in [0.5, 0.6) is 5.75 Å². The lowest BCUT2D eigenvalue weighted by Crippen LogP contribution is -2.21. The Kier molecular flexibility index (Phi) is 5.00. The maximum atomic E-state index is 12.9. The van der Waals surface area contributed by atoms with E-state index in [1.54, 1.807) is 18.2 Å². The van der Waals surface area contributed by atoms with E-state index in [1.165, 1.54) is 31.2 Å². The number of nitrogens with zero attached hydrogens (tertiary/aromatic N) is 1. The zero-order valence-electron chi connectivity index (χ0n) is 13.5. The van der Waals surface area contributed by atoms with Gasteiger partial charge in [-0.05, 0) is 37.3 Å². The average Bonchev–Trinajstić information content (AvgIpc) is 2.95. The Bertz CT molecular complexity index is 1140. The largest absolute Gasteiger partial charge is 0.508 e. The van der Waals surface area contributed by atoms with Crippen molar-refractivity contribution in [2.75, 3.05) is 0 Å². The molecule has 2 aromatic carbocycles. The van der Waals surface area contributed by atoms with Gasteiger partial charge in [-0.15, -0.1) is 0 Å². The number of alkyl halides is 3. The van der Waals surface area contributed by atoms with Gasteiger partial charge in [0, 0.05) is 11.1 Å². The van der Waals surface area contributed by atoms with Gasteiger partial charge in [-0.2, -0.15) is 13.2 Å². The SMILES string of the molecule is Cc1cc2c(Cl)c(OS(=O)C(F)(F)F)ccc2n1S(=O)(=O)c1ccccc1. The molecule has 0 radical (unpaired) electrons. The highest BCUT2D eigenvalue weighted by molar-refractivity contribution is 7.90. The summed E-state index contributed by atoms with van der Waals surface area (Å²) < 4.78 is 79.7. The Morgan fingerprint density at radius 2 is 1.74 bits per heavy atom. The topological polar surface area (TPSA) is 65.4 Å². The summed E-state index contributed by atoms with van der Waals surface area (Å²) in [6.07, 6.45) is 0. The van der Waals surface area contributed by atoms with E-state index in [9.17, 15) is 25.8 Å². The van der Waals surface area contributed by atoms with Crippen LogP contribution >= 0.6 is 11.6 Å². The molecule has 0 saturated carbocycles. The third-order valence-corrected chi connectivity index (χ3v) is 6.58. The molecule has 27 heavy (non-hydrogen) atoms. The van der Waals surface area contributed by atoms with Gasteiger partial charge >= 0.3 is 16.6 Å². The van der Waals surface area contributed by atoms with Crippen LogP contribution < -0.4 is 4.18 Å². The third kappa shape index (κ3) is 3.56. The zero-order valence-corrected chi connectivity index (χ0v) is 15.9. The number of aromatic nitrogens is 1. The maximum absolute atomic E-state index is 12.9. The van der Waals surface area contributed by atoms with Gasteiger partial charge in [0.05, 0.1) is 15.4 Å². The summed E-state index contributed by atoms with van der Waals surface area (Å²) in [4.78, 5) is 0.0419. The van der Waals surface area contributed by atoms with Crippen molar-refractivity contribution >= 4 is 43.6 Å². The molecule has 1 unspecified atom stereocenters. The molecule has 5 nitrogen and oxygen atoms in total. The Labute approximate surface area is 160 Å². The minimum Gasteiger partial charge on any atom is -0.393 e. The van der Waals surface area contributed by atoms with E-state index in [1.807, 2.05) is 0 Å². The standard InChI is InChI=1S/C16H11ClF3NO4S2/c1-10-9-12-13(21(10)27(23,24)11-5-3-2-4-6-11)7-8-14(15(12)17)25-26(22)16(18,19)20/h2-9H,1H3. The van der Waals surface area contributed by atoms with Gasteiger partial charge in [-0.3, -0.25) is 0 Å². The minimum absolute atomic E-state index is 0.0419. The number of hydrogen-bond donors (Lipinski definition) is 0. The van der Waals surface area contributed by atoms with Gasteiger partial charge in [-0.25, -0.2) is 16.6 Å². The van der Waals surface area contributed by atoms with Crippen LogP contribution in [0.3, 0.4) is 0 Å². The Balaban J connectivity index is 2.15. The molecular weight excluding hydrogens is 427 g/mol. The molecule has 1 heterocycles. The van der Waals surface area contributed by atoms with Gasteiger partial charge < -0.3 is 4.18 Å². The average molecular weight is 438 g/mol. The molecule has 0 saturated heterocycles. The molecule has 0 fully saturated rings. The fraction of sp³-hybridized carbons (Fsp3) is 0.125. The molecule has 11 heteroatoms. The second-order valence-corrected chi connectivity index (χ2v) is 8.71. The molecule has 1 atom stereocenters. The van der Waals surface area contributed by atoms with Crippen LogP contribution in [-0.4, -0.2) is 22.1 Å². The lowest BCUT2D eigenvalue weighted by Gasteiger charge is -2.11. The van der Waals surface area contributed by atoms with Gasteiger partial charge in [0.25, 0.3) is 10.0 Å². The molecule has 0 amide bonds. The third-order valence-electron chi connectivity index (χ3n) is 3.65. The first-order valence-corrected chi connectivity index (χ1v) is 10.2. The summed E-state index contributed by atoms with van der Waals surface area (Å²) in [6.45, 7) is 1.52. The fourth-order valence-corrected chi connectivity index (χ4v) is 4.80. The molecule has 1 aromatic heterocycles. The molecular formula is C16H11ClF3NO4S2. The van der Waals surface area contributed by atoms with Crippen molar-refractivity contribution in [3.63, 3.8) is 0 Å². The van der Waals surface area contributed by atoms with E-state index >= 15 is 0 Å². The molecule has 144 valence electrons. The van der Waals surface area contributed by atoms with E-state index in [2.05, 4.69) is 4.18 Å². The summed E-state index contributed by atoms with van der Waals surface area (Å²) in [5.41, 5.74) is -4.62.